The Morgan fingerprint density at radius 2 is 2.11 bits per heavy atom. The van der Waals surface area contributed by atoms with Gasteiger partial charge in [-0.15, -0.1) is 0 Å². The number of benzene rings is 1. The third-order valence-electron chi connectivity index (χ3n) is 3.43. The molecule has 1 aromatic carbocycles. The summed E-state index contributed by atoms with van der Waals surface area (Å²) in [5.41, 5.74) is 0.488. The largest absolute Gasteiger partial charge is 0.393 e. The third-order valence-corrected chi connectivity index (χ3v) is 3.73. The highest BCUT2D eigenvalue weighted by atomic mass is 35.5. The van der Waals surface area contributed by atoms with Crippen LogP contribution in [0.5, 0.6) is 0 Å². The van der Waals surface area contributed by atoms with Gasteiger partial charge in [-0.2, -0.15) is 0 Å². The molecule has 2 nitrogen and oxygen atoms in total. The first-order valence-electron chi connectivity index (χ1n) is 6.35. The van der Waals surface area contributed by atoms with Crippen molar-refractivity contribution in [3.63, 3.8) is 0 Å². The summed E-state index contributed by atoms with van der Waals surface area (Å²) in [6, 6.07) is 4.90. The zero-order valence-electron chi connectivity index (χ0n) is 10.2. The minimum Gasteiger partial charge on any atom is -0.393 e. The van der Waals surface area contributed by atoms with Crippen LogP contribution < -0.4 is 0 Å². The minimum absolute atomic E-state index is 0.116. The van der Waals surface area contributed by atoms with E-state index in [0.29, 0.717) is 24.3 Å². The van der Waals surface area contributed by atoms with E-state index < -0.39 is 11.9 Å². The molecule has 0 amide bonds. The molecule has 1 fully saturated rings. The van der Waals surface area contributed by atoms with Gasteiger partial charge >= 0.3 is 0 Å². The summed E-state index contributed by atoms with van der Waals surface area (Å²) in [6.45, 7) is 1.53. The van der Waals surface area contributed by atoms with E-state index >= 15 is 0 Å². The van der Waals surface area contributed by atoms with Crippen molar-refractivity contribution in [3.05, 3.63) is 34.6 Å². The van der Waals surface area contributed by atoms with Gasteiger partial charge in [-0.3, -0.25) is 0 Å². The Balaban J connectivity index is 1.90. The molecule has 1 unspecified atom stereocenters. The van der Waals surface area contributed by atoms with E-state index in [9.17, 15) is 9.50 Å². The van der Waals surface area contributed by atoms with E-state index in [1.54, 1.807) is 12.1 Å². The molecule has 2 rings (SSSR count). The lowest BCUT2D eigenvalue weighted by Gasteiger charge is -2.24. The smallest absolute Gasteiger partial charge is 0.145 e. The molecule has 100 valence electrons. The van der Waals surface area contributed by atoms with Crippen molar-refractivity contribution in [3.8, 4) is 0 Å². The second-order valence-corrected chi connectivity index (χ2v) is 5.27. The lowest BCUT2D eigenvalue weighted by Crippen LogP contribution is -2.22. The molecule has 1 N–H and O–H groups in total. The van der Waals surface area contributed by atoms with Gasteiger partial charge in [0.2, 0.25) is 0 Å². The van der Waals surface area contributed by atoms with Crippen LogP contribution in [0.1, 0.15) is 24.8 Å². The Labute approximate surface area is 112 Å². The van der Waals surface area contributed by atoms with Gasteiger partial charge in [0.25, 0.3) is 0 Å². The molecular formula is C14H18ClFO2. The number of halogens is 2. The van der Waals surface area contributed by atoms with Crippen LogP contribution in [0.2, 0.25) is 5.02 Å². The highest BCUT2D eigenvalue weighted by Gasteiger charge is 2.19. The Kier molecular flexibility index (Phi) is 4.98. The maximum absolute atomic E-state index is 13.7. The molecule has 0 bridgehead atoms. The molecule has 0 aromatic heterocycles. The van der Waals surface area contributed by atoms with Crippen molar-refractivity contribution in [1.82, 2.24) is 0 Å². The SMILES string of the molecule is OC(Cc1cccc(Cl)c1F)CC1CCOCC1. The Hall–Kier alpha value is -0.640. The Morgan fingerprint density at radius 3 is 2.83 bits per heavy atom. The molecule has 1 aliphatic rings. The highest BCUT2D eigenvalue weighted by molar-refractivity contribution is 6.30. The average molecular weight is 273 g/mol. The summed E-state index contributed by atoms with van der Waals surface area (Å²) < 4.78 is 19.0. The van der Waals surface area contributed by atoms with Crippen LogP contribution in [0.4, 0.5) is 4.39 Å². The zero-order chi connectivity index (χ0) is 13.0. The van der Waals surface area contributed by atoms with Crippen molar-refractivity contribution in [1.29, 1.82) is 0 Å². The molecule has 1 heterocycles. The fraction of sp³-hybridized carbons (Fsp3) is 0.571. The van der Waals surface area contributed by atoms with Gasteiger partial charge < -0.3 is 9.84 Å². The second-order valence-electron chi connectivity index (χ2n) is 4.86. The maximum Gasteiger partial charge on any atom is 0.145 e. The summed E-state index contributed by atoms with van der Waals surface area (Å²) in [7, 11) is 0. The topological polar surface area (TPSA) is 29.5 Å². The van der Waals surface area contributed by atoms with E-state index in [4.69, 9.17) is 16.3 Å². The number of aliphatic hydroxyl groups excluding tert-OH is 1. The lowest BCUT2D eigenvalue weighted by atomic mass is 9.91. The zero-order valence-corrected chi connectivity index (χ0v) is 11.0. The first-order chi connectivity index (χ1) is 8.66. The molecular weight excluding hydrogens is 255 g/mol. The van der Waals surface area contributed by atoms with Crippen LogP contribution in [0, 0.1) is 11.7 Å². The summed E-state index contributed by atoms with van der Waals surface area (Å²) >= 11 is 5.72. The van der Waals surface area contributed by atoms with Gasteiger partial charge in [-0.05, 0) is 36.8 Å². The van der Waals surface area contributed by atoms with Crippen molar-refractivity contribution >= 4 is 11.6 Å². The summed E-state index contributed by atoms with van der Waals surface area (Å²) in [5, 5.41) is 10.1. The number of ether oxygens (including phenoxy) is 1. The number of hydrogen-bond acceptors (Lipinski definition) is 2. The Bertz CT molecular complexity index is 391. The van der Waals surface area contributed by atoms with Gasteiger partial charge in [0, 0.05) is 19.6 Å². The molecule has 1 atom stereocenters. The molecule has 0 aliphatic carbocycles. The van der Waals surface area contributed by atoms with Gasteiger partial charge in [0.05, 0.1) is 11.1 Å². The molecule has 1 aliphatic heterocycles. The molecule has 0 radical (unpaired) electrons. The third kappa shape index (κ3) is 3.67. The standard InChI is InChI=1S/C14H18ClFO2/c15-13-3-1-2-11(14(13)16)9-12(17)8-10-4-6-18-7-5-10/h1-3,10,12,17H,4-9H2. The molecule has 0 saturated carbocycles. The summed E-state index contributed by atoms with van der Waals surface area (Å²) in [5.74, 6) is 0.0705. The van der Waals surface area contributed by atoms with Crippen LogP contribution in [-0.2, 0) is 11.2 Å². The average Bonchev–Trinajstić information content (AvgIpc) is 2.36. The fourth-order valence-electron chi connectivity index (χ4n) is 2.41. The molecule has 4 heteroatoms. The van der Waals surface area contributed by atoms with Crippen LogP contribution in [0.15, 0.2) is 18.2 Å². The van der Waals surface area contributed by atoms with Gasteiger partial charge in [0.1, 0.15) is 5.82 Å². The second kappa shape index (κ2) is 6.50. The van der Waals surface area contributed by atoms with E-state index in [0.717, 1.165) is 26.1 Å². The number of rotatable bonds is 4. The summed E-state index contributed by atoms with van der Waals surface area (Å²) in [4.78, 5) is 0. The monoisotopic (exact) mass is 272 g/mol. The first kappa shape index (κ1) is 13.8. The fourth-order valence-corrected chi connectivity index (χ4v) is 2.60. The van der Waals surface area contributed by atoms with Crippen LogP contribution in [-0.4, -0.2) is 24.4 Å². The van der Waals surface area contributed by atoms with E-state index in [1.165, 1.54) is 6.07 Å². The molecule has 1 aromatic rings. The van der Waals surface area contributed by atoms with Crippen molar-refractivity contribution < 1.29 is 14.2 Å². The van der Waals surface area contributed by atoms with Crippen LogP contribution >= 0.6 is 11.6 Å². The highest BCUT2D eigenvalue weighted by Crippen LogP contribution is 2.24. The number of aliphatic hydroxyl groups is 1. The van der Waals surface area contributed by atoms with Crippen molar-refractivity contribution in [2.45, 2.75) is 31.8 Å². The van der Waals surface area contributed by atoms with E-state index in [2.05, 4.69) is 0 Å². The molecule has 0 spiro atoms. The molecule has 1 saturated heterocycles. The molecule has 18 heavy (non-hydrogen) atoms. The number of hydrogen-bond donors (Lipinski definition) is 1. The predicted octanol–water partition coefficient (Wildman–Crippen LogP) is 3.20. The van der Waals surface area contributed by atoms with Crippen LogP contribution in [0.3, 0.4) is 0 Å². The first-order valence-corrected chi connectivity index (χ1v) is 6.73. The van der Waals surface area contributed by atoms with E-state index in [-0.39, 0.29) is 5.02 Å². The normalized spacial score (nSPS) is 18.8. The van der Waals surface area contributed by atoms with Gasteiger partial charge in [0.15, 0.2) is 0 Å². The predicted molar refractivity (Wildman–Crippen MR) is 69.3 cm³/mol. The summed E-state index contributed by atoms with van der Waals surface area (Å²) in [6.07, 6.45) is 2.48. The van der Waals surface area contributed by atoms with Gasteiger partial charge in [-0.1, -0.05) is 23.7 Å². The maximum atomic E-state index is 13.7. The van der Waals surface area contributed by atoms with Gasteiger partial charge in [-0.25, -0.2) is 4.39 Å². The lowest BCUT2D eigenvalue weighted by molar-refractivity contribution is 0.0437. The van der Waals surface area contributed by atoms with Crippen molar-refractivity contribution in [2.24, 2.45) is 5.92 Å². The quantitative estimate of drug-likeness (QED) is 0.912. The Morgan fingerprint density at radius 1 is 1.39 bits per heavy atom. The minimum atomic E-state index is -0.513. The van der Waals surface area contributed by atoms with Crippen LogP contribution in [0.25, 0.3) is 0 Å². The van der Waals surface area contributed by atoms with Crippen molar-refractivity contribution in [2.75, 3.05) is 13.2 Å². The van der Waals surface area contributed by atoms with E-state index in [1.807, 2.05) is 0 Å².